The lowest BCUT2D eigenvalue weighted by molar-refractivity contribution is -0.116. The summed E-state index contributed by atoms with van der Waals surface area (Å²) in [5.41, 5.74) is 2.31. The maximum absolute atomic E-state index is 12.0. The van der Waals surface area contributed by atoms with Crippen molar-refractivity contribution in [1.82, 2.24) is 15.1 Å². The Morgan fingerprint density at radius 2 is 2.00 bits per heavy atom. The molecular weight excluding hydrogens is 386 g/mol. The molecule has 1 aromatic carbocycles. The predicted molar refractivity (Wildman–Crippen MR) is 115 cm³/mol. The van der Waals surface area contributed by atoms with Crippen molar-refractivity contribution in [3.63, 3.8) is 0 Å². The lowest BCUT2D eigenvalue weighted by Gasteiger charge is -2.09. The lowest BCUT2D eigenvalue weighted by atomic mass is 10.0. The predicted octanol–water partition coefficient (Wildman–Crippen LogP) is 4.79. The van der Waals surface area contributed by atoms with Gasteiger partial charge in [0.25, 0.3) is 0 Å². The molecule has 0 radical (unpaired) electrons. The second-order valence-electron chi connectivity index (χ2n) is 6.70. The fraction of sp³-hybridized carbons (Fsp3) is 0.238. The molecule has 0 saturated heterocycles. The molecular formula is C21H21N5O2S. The number of hydrogen-bond donors (Lipinski definition) is 2. The number of rotatable bonds is 7. The highest BCUT2D eigenvalue weighted by Gasteiger charge is 2.16. The summed E-state index contributed by atoms with van der Waals surface area (Å²) in [7, 11) is 0. The summed E-state index contributed by atoms with van der Waals surface area (Å²) in [6.07, 6.45) is 2.62. The smallest absolute Gasteiger partial charge is 0.225 e. The van der Waals surface area contributed by atoms with Crippen molar-refractivity contribution < 1.29 is 9.32 Å². The van der Waals surface area contributed by atoms with E-state index in [2.05, 4.69) is 44.8 Å². The summed E-state index contributed by atoms with van der Waals surface area (Å²) < 4.78 is 4.95. The molecule has 0 aliphatic rings. The summed E-state index contributed by atoms with van der Waals surface area (Å²) in [4.78, 5) is 23.1. The molecule has 0 atom stereocenters. The van der Waals surface area contributed by atoms with Gasteiger partial charge in [0.2, 0.25) is 5.91 Å². The minimum atomic E-state index is -0.0933. The lowest BCUT2D eigenvalue weighted by Crippen LogP contribution is -2.14. The summed E-state index contributed by atoms with van der Waals surface area (Å²) in [5, 5.41) is 10.9. The van der Waals surface area contributed by atoms with Crippen molar-refractivity contribution in [2.24, 2.45) is 0 Å². The van der Waals surface area contributed by atoms with Crippen molar-refractivity contribution in [3.05, 3.63) is 53.4 Å². The van der Waals surface area contributed by atoms with Crippen molar-refractivity contribution in [1.29, 1.82) is 0 Å². The Bertz CT molecular complexity index is 1140. The molecule has 0 unspecified atom stereocenters. The minimum absolute atomic E-state index is 0.0933. The largest absolute Gasteiger partial charge is 0.369 e. The molecule has 29 heavy (non-hydrogen) atoms. The maximum Gasteiger partial charge on any atom is 0.225 e. The topological polar surface area (TPSA) is 92.9 Å². The third-order valence-electron chi connectivity index (χ3n) is 4.50. The van der Waals surface area contributed by atoms with Crippen LogP contribution in [0.3, 0.4) is 0 Å². The van der Waals surface area contributed by atoms with Crippen molar-refractivity contribution in [2.75, 3.05) is 17.2 Å². The van der Waals surface area contributed by atoms with Gasteiger partial charge in [-0.05, 0) is 25.8 Å². The van der Waals surface area contributed by atoms with Crippen LogP contribution in [0.25, 0.3) is 21.3 Å². The number of benzene rings is 1. The zero-order valence-electron chi connectivity index (χ0n) is 16.2. The molecule has 4 aromatic rings. The van der Waals surface area contributed by atoms with Gasteiger partial charge in [-0.2, -0.15) is 0 Å². The Morgan fingerprint density at radius 3 is 2.76 bits per heavy atom. The highest BCUT2D eigenvalue weighted by atomic mass is 32.1. The van der Waals surface area contributed by atoms with Crippen LogP contribution in [0.2, 0.25) is 0 Å². The molecule has 0 aliphatic heterocycles. The summed E-state index contributed by atoms with van der Waals surface area (Å²) in [6, 6.07) is 12.0. The van der Waals surface area contributed by atoms with Crippen molar-refractivity contribution >= 4 is 39.1 Å². The first-order valence-electron chi connectivity index (χ1n) is 9.38. The van der Waals surface area contributed by atoms with Crippen LogP contribution in [0.1, 0.15) is 23.5 Å². The molecule has 0 saturated carbocycles. The second kappa shape index (κ2) is 8.40. The molecule has 8 heteroatoms. The quantitative estimate of drug-likeness (QED) is 0.428. The Hall–Kier alpha value is -3.26. The Labute approximate surface area is 172 Å². The van der Waals surface area contributed by atoms with Gasteiger partial charge in [-0.3, -0.25) is 4.79 Å². The number of carbonyl (C=O) groups excluding carboxylic acids is 1. The van der Waals surface area contributed by atoms with Gasteiger partial charge in [-0.25, -0.2) is 9.97 Å². The monoisotopic (exact) mass is 407 g/mol. The Balaban J connectivity index is 1.44. The molecule has 3 heterocycles. The summed E-state index contributed by atoms with van der Waals surface area (Å²) >= 11 is 1.66. The van der Waals surface area contributed by atoms with E-state index in [0.717, 1.165) is 27.2 Å². The number of amides is 1. The van der Waals surface area contributed by atoms with E-state index in [9.17, 15) is 4.79 Å². The summed E-state index contributed by atoms with van der Waals surface area (Å²) in [6.45, 7) is 4.51. The molecule has 0 aliphatic carbocycles. The van der Waals surface area contributed by atoms with Crippen LogP contribution >= 0.6 is 11.3 Å². The number of fused-ring (bicyclic) bond motifs is 1. The van der Waals surface area contributed by atoms with E-state index in [1.807, 2.05) is 18.2 Å². The zero-order valence-corrected chi connectivity index (χ0v) is 17.0. The standard InChI is InChI=1S/C21H21N5O2S/c1-13-11-16(26-28-13)25-17(27)9-6-10-22-20-19-18(15-7-4-3-5-8-15)14(2)29-21(19)24-12-23-20/h3-5,7-8,11-12H,6,9-10H2,1-2H3,(H,22,23,24)(H,25,26,27). The molecule has 7 nitrogen and oxygen atoms in total. The van der Waals surface area contributed by atoms with Gasteiger partial charge in [-0.15, -0.1) is 11.3 Å². The van der Waals surface area contributed by atoms with Crippen LogP contribution in [0, 0.1) is 13.8 Å². The van der Waals surface area contributed by atoms with E-state index < -0.39 is 0 Å². The highest BCUT2D eigenvalue weighted by Crippen LogP contribution is 2.40. The van der Waals surface area contributed by atoms with E-state index in [0.29, 0.717) is 31.0 Å². The van der Waals surface area contributed by atoms with Gasteiger partial charge in [-0.1, -0.05) is 35.5 Å². The molecule has 0 spiro atoms. The van der Waals surface area contributed by atoms with Crippen LogP contribution in [0.5, 0.6) is 0 Å². The molecule has 2 N–H and O–H groups in total. The molecule has 0 bridgehead atoms. The van der Waals surface area contributed by atoms with Crippen molar-refractivity contribution in [3.8, 4) is 11.1 Å². The van der Waals surface area contributed by atoms with Gasteiger partial charge in [0.15, 0.2) is 5.82 Å². The highest BCUT2D eigenvalue weighted by molar-refractivity contribution is 7.19. The number of hydrogen-bond acceptors (Lipinski definition) is 7. The SMILES string of the molecule is Cc1cc(NC(=O)CCCNc2ncnc3sc(C)c(-c4ccccc4)c23)no1. The first-order chi connectivity index (χ1) is 14.1. The maximum atomic E-state index is 12.0. The van der Waals surface area contributed by atoms with Crippen LogP contribution < -0.4 is 10.6 Å². The van der Waals surface area contributed by atoms with Gasteiger partial charge in [0.1, 0.15) is 22.7 Å². The summed E-state index contributed by atoms with van der Waals surface area (Å²) in [5.74, 6) is 1.81. The van der Waals surface area contributed by atoms with E-state index in [1.165, 1.54) is 4.88 Å². The zero-order chi connectivity index (χ0) is 20.2. The number of aromatic nitrogens is 3. The average molecular weight is 407 g/mol. The molecule has 4 rings (SSSR count). The molecule has 3 aromatic heterocycles. The van der Waals surface area contributed by atoms with Crippen LogP contribution in [-0.2, 0) is 4.79 Å². The first-order valence-corrected chi connectivity index (χ1v) is 10.2. The minimum Gasteiger partial charge on any atom is -0.369 e. The number of anilines is 2. The fourth-order valence-electron chi connectivity index (χ4n) is 3.22. The van der Waals surface area contributed by atoms with Crippen LogP contribution in [-0.4, -0.2) is 27.6 Å². The third kappa shape index (κ3) is 4.27. The third-order valence-corrected chi connectivity index (χ3v) is 5.51. The van der Waals surface area contributed by atoms with Crippen LogP contribution in [0.4, 0.5) is 11.6 Å². The normalized spacial score (nSPS) is 11.0. The second-order valence-corrected chi connectivity index (χ2v) is 7.91. The van der Waals surface area contributed by atoms with E-state index in [4.69, 9.17) is 4.52 Å². The average Bonchev–Trinajstić information content (AvgIpc) is 3.28. The molecule has 1 amide bonds. The number of nitrogens with one attached hydrogen (secondary N) is 2. The number of nitrogens with zero attached hydrogens (tertiary/aromatic N) is 3. The van der Waals surface area contributed by atoms with E-state index >= 15 is 0 Å². The molecule has 0 fully saturated rings. The Morgan fingerprint density at radius 1 is 1.17 bits per heavy atom. The number of thiophene rings is 1. The fourth-order valence-corrected chi connectivity index (χ4v) is 4.23. The van der Waals surface area contributed by atoms with E-state index in [-0.39, 0.29) is 5.91 Å². The van der Waals surface area contributed by atoms with Gasteiger partial charge in [0, 0.05) is 29.5 Å². The van der Waals surface area contributed by atoms with Crippen molar-refractivity contribution in [2.45, 2.75) is 26.7 Å². The number of carbonyl (C=O) groups is 1. The van der Waals surface area contributed by atoms with Crippen LogP contribution in [0.15, 0.2) is 47.2 Å². The molecule has 148 valence electrons. The Kier molecular flexibility index (Phi) is 5.53. The first kappa shape index (κ1) is 19.1. The van der Waals surface area contributed by atoms with E-state index in [1.54, 1.807) is 30.7 Å². The number of aryl methyl sites for hydroxylation is 2. The van der Waals surface area contributed by atoms with Gasteiger partial charge in [0.05, 0.1) is 5.39 Å². The van der Waals surface area contributed by atoms with Gasteiger partial charge < -0.3 is 15.2 Å². The van der Waals surface area contributed by atoms with Gasteiger partial charge >= 0.3 is 0 Å².